The zero-order chi connectivity index (χ0) is 10.8. The van der Waals surface area contributed by atoms with Crippen molar-refractivity contribution in [2.75, 3.05) is 7.05 Å². The fourth-order valence-electron chi connectivity index (χ4n) is 1.54. The smallest absolute Gasteiger partial charge is 0.119 e. The maximum absolute atomic E-state index is 2.53. The Kier molecular flexibility index (Phi) is 3.51. The Labute approximate surface area is 88.8 Å². The third-order valence-corrected chi connectivity index (χ3v) is 5.42. The van der Waals surface area contributed by atoms with Gasteiger partial charge in [0.2, 0.25) is 0 Å². The van der Waals surface area contributed by atoms with Crippen LogP contribution in [0.15, 0.2) is 30.3 Å². The highest BCUT2D eigenvalue weighted by atomic mass is 28.3. The summed E-state index contributed by atoms with van der Waals surface area (Å²) in [7, 11) is 1.07. The molecule has 1 atom stereocenters. The van der Waals surface area contributed by atoms with Crippen molar-refractivity contribution in [1.82, 2.24) is 4.57 Å². The van der Waals surface area contributed by atoms with E-state index in [0.717, 1.165) is 0 Å². The van der Waals surface area contributed by atoms with Gasteiger partial charge in [0, 0.05) is 6.04 Å². The summed E-state index contributed by atoms with van der Waals surface area (Å²) < 4.78 is 2.53. The van der Waals surface area contributed by atoms with Crippen molar-refractivity contribution in [3.63, 3.8) is 0 Å². The minimum absolute atomic E-state index is 0.530. The first-order valence-electron chi connectivity index (χ1n) is 5.21. The Morgan fingerprint density at radius 3 is 2.00 bits per heavy atom. The van der Waals surface area contributed by atoms with Gasteiger partial charge in [-0.25, -0.2) is 0 Å². The second kappa shape index (κ2) is 4.28. The predicted molar refractivity (Wildman–Crippen MR) is 66.0 cm³/mol. The topological polar surface area (TPSA) is 3.24 Å². The minimum atomic E-state index is -1.17. The lowest BCUT2D eigenvalue weighted by molar-refractivity contribution is 0.407. The molecule has 0 aromatic heterocycles. The van der Waals surface area contributed by atoms with Crippen molar-refractivity contribution in [3.8, 4) is 0 Å². The van der Waals surface area contributed by atoms with E-state index in [-0.39, 0.29) is 0 Å². The van der Waals surface area contributed by atoms with E-state index in [2.05, 4.69) is 68.5 Å². The summed E-state index contributed by atoms with van der Waals surface area (Å²) >= 11 is 0. The van der Waals surface area contributed by atoms with Gasteiger partial charge in [-0.3, -0.25) is 0 Å². The lowest BCUT2D eigenvalue weighted by Gasteiger charge is -2.35. The molecular formula is C12H21NSi. The Balaban J connectivity index is 2.81. The molecule has 0 aliphatic carbocycles. The van der Waals surface area contributed by atoms with E-state index in [1.807, 2.05) is 0 Å². The molecule has 0 unspecified atom stereocenters. The molecule has 0 N–H and O–H groups in total. The van der Waals surface area contributed by atoms with Gasteiger partial charge in [-0.2, -0.15) is 0 Å². The third kappa shape index (κ3) is 2.69. The van der Waals surface area contributed by atoms with Crippen LogP contribution in [0.5, 0.6) is 0 Å². The van der Waals surface area contributed by atoms with Crippen LogP contribution in [0, 0.1) is 0 Å². The molecule has 0 fully saturated rings. The Hall–Kier alpha value is -0.603. The summed E-state index contributed by atoms with van der Waals surface area (Å²) in [6.07, 6.45) is 0. The summed E-state index contributed by atoms with van der Waals surface area (Å²) in [6.45, 7) is 9.43. The molecule has 0 amide bonds. The summed E-state index contributed by atoms with van der Waals surface area (Å²) in [4.78, 5) is 0. The quantitative estimate of drug-likeness (QED) is 0.686. The molecule has 0 aliphatic rings. The molecule has 0 heterocycles. The van der Waals surface area contributed by atoms with Crippen LogP contribution >= 0.6 is 0 Å². The van der Waals surface area contributed by atoms with Crippen LogP contribution in [0.3, 0.4) is 0 Å². The van der Waals surface area contributed by atoms with E-state index in [1.54, 1.807) is 0 Å². The zero-order valence-corrected chi connectivity index (χ0v) is 10.9. The molecule has 0 radical (unpaired) electrons. The number of nitrogens with zero attached hydrogens (tertiary/aromatic N) is 1. The second-order valence-electron chi connectivity index (χ2n) is 4.87. The van der Waals surface area contributed by atoms with Gasteiger partial charge >= 0.3 is 0 Å². The first kappa shape index (κ1) is 11.5. The maximum Gasteiger partial charge on any atom is 0.119 e. The van der Waals surface area contributed by atoms with Crippen molar-refractivity contribution in [2.45, 2.75) is 32.6 Å². The van der Waals surface area contributed by atoms with E-state index in [9.17, 15) is 0 Å². The summed E-state index contributed by atoms with van der Waals surface area (Å²) in [5.74, 6) is 0. The minimum Gasteiger partial charge on any atom is -0.320 e. The lowest BCUT2D eigenvalue weighted by Crippen LogP contribution is -2.44. The van der Waals surface area contributed by atoms with Crippen LogP contribution in [-0.4, -0.2) is 19.8 Å². The number of hydrogen-bond donors (Lipinski definition) is 0. The Morgan fingerprint density at radius 2 is 1.57 bits per heavy atom. The molecule has 1 aromatic rings. The molecule has 1 rings (SSSR count). The van der Waals surface area contributed by atoms with Gasteiger partial charge in [-0.1, -0.05) is 50.0 Å². The summed E-state index contributed by atoms with van der Waals surface area (Å²) in [5.41, 5.74) is 1.41. The van der Waals surface area contributed by atoms with Gasteiger partial charge in [0.25, 0.3) is 0 Å². The number of rotatable bonds is 3. The van der Waals surface area contributed by atoms with Crippen LogP contribution in [0.2, 0.25) is 19.6 Å². The first-order valence-corrected chi connectivity index (χ1v) is 8.65. The molecule has 0 aliphatic heterocycles. The summed E-state index contributed by atoms with van der Waals surface area (Å²) in [5, 5.41) is 0. The van der Waals surface area contributed by atoms with Crippen LogP contribution < -0.4 is 0 Å². The van der Waals surface area contributed by atoms with Gasteiger partial charge in [-0.05, 0) is 19.5 Å². The first-order chi connectivity index (χ1) is 6.43. The number of benzene rings is 1. The maximum atomic E-state index is 2.53. The fraction of sp³-hybridized carbons (Fsp3) is 0.500. The van der Waals surface area contributed by atoms with Crippen molar-refractivity contribution in [1.29, 1.82) is 0 Å². The van der Waals surface area contributed by atoms with Crippen LogP contribution in [0.1, 0.15) is 18.5 Å². The van der Waals surface area contributed by atoms with E-state index in [1.165, 1.54) is 5.56 Å². The van der Waals surface area contributed by atoms with Gasteiger partial charge in [0.1, 0.15) is 8.24 Å². The molecule has 0 saturated heterocycles. The highest BCUT2D eigenvalue weighted by molar-refractivity contribution is 6.73. The van der Waals surface area contributed by atoms with Crippen LogP contribution in [0.25, 0.3) is 0 Å². The van der Waals surface area contributed by atoms with Gasteiger partial charge < -0.3 is 4.57 Å². The molecule has 0 saturated carbocycles. The Bertz CT molecular complexity index is 276. The molecule has 78 valence electrons. The third-order valence-electron chi connectivity index (χ3n) is 2.92. The largest absolute Gasteiger partial charge is 0.320 e. The standard InChI is InChI=1S/C12H21NSi/c1-11(13(2)14(3,4)5)12-9-7-6-8-10-12/h6-11H,1-5H3/t11-/m1/s1. The average molecular weight is 207 g/mol. The normalized spacial score (nSPS) is 14.4. The molecule has 14 heavy (non-hydrogen) atoms. The Morgan fingerprint density at radius 1 is 1.07 bits per heavy atom. The van der Waals surface area contributed by atoms with Gasteiger partial charge in [0.15, 0.2) is 0 Å². The monoisotopic (exact) mass is 207 g/mol. The molecule has 2 heteroatoms. The van der Waals surface area contributed by atoms with Crippen LogP contribution in [-0.2, 0) is 0 Å². The van der Waals surface area contributed by atoms with E-state index >= 15 is 0 Å². The van der Waals surface area contributed by atoms with Gasteiger partial charge in [-0.15, -0.1) is 0 Å². The molecular weight excluding hydrogens is 186 g/mol. The molecule has 1 aromatic carbocycles. The highest BCUT2D eigenvalue weighted by Crippen LogP contribution is 2.23. The van der Waals surface area contributed by atoms with E-state index in [0.29, 0.717) is 6.04 Å². The lowest BCUT2D eigenvalue weighted by atomic mass is 10.1. The number of hydrogen-bond acceptors (Lipinski definition) is 1. The predicted octanol–water partition coefficient (Wildman–Crippen LogP) is 3.51. The van der Waals surface area contributed by atoms with E-state index in [4.69, 9.17) is 0 Å². The van der Waals surface area contributed by atoms with Crippen molar-refractivity contribution < 1.29 is 0 Å². The average Bonchev–Trinajstić information content (AvgIpc) is 2.15. The van der Waals surface area contributed by atoms with Crippen molar-refractivity contribution >= 4 is 8.24 Å². The SMILES string of the molecule is C[C@H](c1ccccc1)N(C)[Si](C)(C)C. The highest BCUT2D eigenvalue weighted by Gasteiger charge is 2.24. The summed E-state index contributed by atoms with van der Waals surface area (Å²) in [6, 6.07) is 11.3. The van der Waals surface area contributed by atoms with Crippen molar-refractivity contribution in [2.24, 2.45) is 0 Å². The van der Waals surface area contributed by atoms with Gasteiger partial charge in [0.05, 0.1) is 0 Å². The molecule has 1 nitrogen and oxygen atoms in total. The molecule has 0 spiro atoms. The zero-order valence-electron chi connectivity index (χ0n) is 9.91. The fourth-order valence-corrected chi connectivity index (χ4v) is 2.85. The molecule has 0 bridgehead atoms. The van der Waals surface area contributed by atoms with Crippen LogP contribution in [0.4, 0.5) is 0 Å². The second-order valence-corrected chi connectivity index (χ2v) is 9.92. The van der Waals surface area contributed by atoms with E-state index < -0.39 is 8.24 Å². The van der Waals surface area contributed by atoms with Crippen molar-refractivity contribution in [3.05, 3.63) is 35.9 Å².